The number of aliphatic hydroxyl groups is 1. The summed E-state index contributed by atoms with van der Waals surface area (Å²) in [5.74, 6) is 4.52. The lowest BCUT2D eigenvalue weighted by molar-refractivity contribution is 0.0946. The largest absolute Gasteiger partial charge is 0.395 e. The molecule has 1 rings (SSSR count). The predicted molar refractivity (Wildman–Crippen MR) is 80.5 cm³/mol. The van der Waals surface area contributed by atoms with Crippen molar-refractivity contribution in [2.75, 3.05) is 33.3 Å². The number of aliphatic hydroxyl groups excluding tert-OH is 1. The van der Waals surface area contributed by atoms with E-state index in [-0.39, 0.29) is 12.2 Å². The van der Waals surface area contributed by atoms with Crippen LogP contribution in [0.2, 0.25) is 0 Å². The van der Waals surface area contributed by atoms with E-state index in [0.29, 0.717) is 25.1 Å². The van der Waals surface area contributed by atoms with Crippen molar-refractivity contribution in [1.82, 2.24) is 10.2 Å². The molecule has 0 aliphatic rings. The average molecular weight is 292 g/mol. The monoisotopic (exact) mass is 292 g/mol. The number of benzene rings is 1. The quantitative estimate of drug-likeness (QED) is 0.776. The van der Waals surface area contributed by atoms with Gasteiger partial charge in [0.15, 0.2) is 0 Å². The summed E-state index contributed by atoms with van der Waals surface area (Å²) in [5, 5.41) is 11.4. The van der Waals surface area contributed by atoms with Gasteiger partial charge in [0.25, 0.3) is 5.91 Å². The van der Waals surface area contributed by atoms with Crippen molar-refractivity contribution in [2.45, 2.75) is 13.3 Å². The van der Waals surface area contributed by atoms with Crippen molar-refractivity contribution in [1.29, 1.82) is 0 Å². The van der Waals surface area contributed by atoms with E-state index in [1.54, 1.807) is 0 Å². The Labute approximate surface area is 125 Å². The topological polar surface area (TPSA) is 52.6 Å². The third-order valence-corrected chi connectivity index (χ3v) is 3.00. The van der Waals surface area contributed by atoms with Crippen LogP contribution in [0.4, 0.5) is 4.39 Å². The van der Waals surface area contributed by atoms with Crippen LogP contribution in [0.15, 0.2) is 18.2 Å². The summed E-state index contributed by atoms with van der Waals surface area (Å²) in [6.45, 7) is 4.06. The third kappa shape index (κ3) is 5.94. The number of hydrogen-bond donors (Lipinski definition) is 2. The van der Waals surface area contributed by atoms with Crippen LogP contribution in [-0.4, -0.2) is 49.2 Å². The molecule has 21 heavy (non-hydrogen) atoms. The standard InChI is InChI=1S/C16H21FN2O2/c1-3-19(2)10-9-18-16(21)14-12-13(6-4-5-11-20)7-8-15(14)17/h7-8,12,20H,3,5,9-11H2,1-2H3,(H,18,21). The van der Waals surface area contributed by atoms with E-state index in [0.717, 1.165) is 6.54 Å². The van der Waals surface area contributed by atoms with E-state index in [4.69, 9.17) is 5.11 Å². The molecule has 4 nitrogen and oxygen atoms in total. The van der Waals surface area contributed by atoms with Crippen molar-refractivity contribution in [3.05, 3.63) is 35.1 Å². The third-order valence-electron chi connectivity index (χ3n) is 3.00. The zero-order valence-corrected chi connectivity index (χ0v) is 12.4. The molecule has 0 aromatic heterocycles. The van der Waals surface area contributed by atoms with Gasteiger partial charge in [-0.15, -0.1) is 0 Å². The number of hydrogen-bond acceptors (Lipinski definition) is 3. The normalized spacial score (nSPS) is 10.1. The van der Waals surface area contributed by atoms with Crippen molar-refractivity contribution in [2.24, 2.45) is 0 Å². The van der Waals surface area contributed by atoms with Gasteiger partial charge in [0.2, 0.25) is 0 Å². The number of nitrogens with zero attached hydrogens (tertiary/aromatic N) is 1. The molecule has 0 fully saturated rings. The summed E-state index contributed by atoms with van der Waals surface area (Å²) in [6, 6.07) is 4.18. The minimum atomic E-state index is -0.566. The van der Waals surface area contributed by atoms with Gasteiger partial charge in [0.05, 0.1) is 12.2 Å². The molecule has 0 unspecified atom stereocenters. The van der Waals surface area contributed by atoms with Gasteiger partial charge in [-0.05, 0) is 31.8 Å². The first kappa shape index (κ1) is 17.2. The highest BCUT2D eigenvalue weighted by Crippen LogP contribution is 2.10. The van der Waals surface area contributed by atoms with Crippen LogP contribution in [0.5, 0.6) is 0 Å². The lowest BCUT2D eigenvalue weighted by Crippen LogP contribution is -2.33. The number of rotatable bonds is 6. The van der Waals surface area contributed by atoms with Crippen molar-refractivity contribution >= 4 is 5.91 Å². The maximum absolute atomic E-state index is 13.7. The maximum atomic E-state index is 13.7. The van der Waals surface area contributed by atoms with Gasteiger partial charge in [-0.2, -0.15) is 0 Å². The van der Waals surface area contributed by atoms with E-state index < -0.39 is 11.7 Å². The number of amides is 1. The predicted octanol–water partition coefficient (Wildman–Crippen LogP) is 1.24. The molecule has 0 radical (unpaired) electrons. The highest BCUT2D eigenvalue weighted by atomic mass is 19.1. The fraction of sp³-hybridized carbons (Fsp3) is 0.438. The molecule has 1 aromatic rings. The van der Waals surface area contributed by atoms with Crippen LogP contribution in [0.1, 0.15) is 29.3 Å². The molecule has 0 heterocycles. The Bertz CT molecular complexity index is 535. The van der Waals surface area contributed by atoms with Crippen LogP contribution in [0, 0.1) is 17.7 Å². The summed E-state index contributed by atoms with van der Waals surface area (Å²) in [7, 11) is 1.95. The number of halogens is 1. The smallest absolute Gasteiger partial charge is 0.254 e. The fourth-order valence-electron chi connectivity index (χ4n) is 1.61. The van der Waals surface area contributed by atoms with Gasteiger partial charge >= 0.3 is 0 Å². The molecule has 0 atom stereocenters. The number of carbonyl (C=O) groups is 1. The minimum Gasteiger partial charge on any atom is -0.395 e. The zero-order chi connectivity index (χ0) is 15.7. The van der Waals surface area contributed by atoms with Gasteiger partial charge in [0, 0.05) is 25.1 Å². The second-order valence-electron chi connectivity index (χ2n) is 4.62. The number of carbonyl (C=O) groups excluding carboxylic acids is 1. The Kier molecular flexibility index (Phi) is 7.44. The first-order chi connectivity index (χ1) is 10.1. The maximum Gasteiger partial charge on any atom is 0.254 e. The Morgan fingerprint density at radius 2 is 2.24 bits per heavy atom. The summed E-state index contributed by atoms with van der Waals surface area (Å²) in [5.41, 5.74) is 0.547. The highest BCUT2D eigenvalue weighted by molar-refractivity contribution is 5.94. The van der Waals surface area contributed by atoms with Crippen molar-refractivity contribution < 1.29 is 14.3 Å². The Morgan fingerprint density at radius 1 is 1.48 bits per heavy atom. The van der Waals surface area contributed by atoms with E-state index in [1.807, 2.05) is 18.9 Å². The van der Waals surface area contributed by atoms with Crippen molar-refractivity contribution in [3.63, 3.8) is 0 Å². The zero-order valence-electron chi connectivity index (χ0n) is 12.4. The number of nitrogens with one attached hydrogen (secondary N) is 1. The molecular weight excluding hydrogens is 271 g/mol. The Morgan fingerprint density at radius 3 is 2.90 bits per heavy atom. The minimum absolute atomic E-state index is 0.00931. The first-order valence-corrected chi connectivity index (χ1v) is 6.94. The molecular formula is C16H21FN2O2. The second-order valence-corrected chi connectivity index (χ2v) is 4.62. The van der Waals surface area contributed by atoms with Crippen LogP contribution in [0.25, 0.3) is 0 Å². The molecule has 0 aliphatic carbocycles. The molecule has 2 N–H and O–H groups in total. The van der Waals surface area contributed by atoms with Gasteiger partial charge < -0.3 is 15.3 Å². The molecule has 0 saturated heterocycles. The molecule has 114 valence electrons. The Hall–Kier alpha value is -1.90. The van der Waals surface area contributed by atoms with Crippen LogP contribution in [-0.2, 0) is 0 Å². The van der Waals surface area contributed by atoms with Gasteiger partial charge in [-0.25, -0.2) is 4.39 Å². The summed E-state index contributed by atoms with van der Waals surface area (Å²) in [4.78, 5) is 14.0. The molecule has 1 aromatic carbocycles. The van der Waals surface area contributed by atoms with Gasteiger partial charge in [0.1, 0.15) is 5.82 Å². The summed E-state index contributed by atoms with van der Waals surface area (Å²) < 4.78 is 13.7. The molecule has 0 saturated carbocycles. The van der Waals surface area contributed by atoms with E-state index in [2.05, 4.69) is 17.2 Å². The molecule has 0 bridgehead atoms. The highest BCUT2D eigenvalue weighted by Gasteiger charge is 2.11. The lowest BCUT2D eigenvalue weighted by Gasteiger charge is -2.14. The van der Waals surface area contributed by atoms with Crippen LogP contribution in [0.3, 0.4) is 0 Å². The van der Waals surface area contributed by atoms with E-state index in [9.17, 15) is 9.18 Å². The van der Waals surface area contributed by atoms with Gasteiger partial charge in [-0.3, -0.25) is 4.79 Å². The van der Waals surface area contributed by atoms with E-state index in [1.165, 1.54) is 18.2 Å². The molecule has 5 heteroatoms. The summed E-state index contributed by atoms with van der Waals surface area (Å²) in [6.07, 6.45) is 0.349. The van der Waals surface area contributed by atoms with Gasteiger partial charge in [-0.1, -0.05) is 18.8 Å². The first-order valence-electron chi connectivity index (χ1n) is 6.94. The SMILES string of the molecule is CCN(C)CCNC(=O)c1cc(C#CCCO)ccc1F. The second kappa shape index (κ2) is 9.11. The Balaban J connectivity index is 2.70. The fourth-order valence-corrected chi connectivity index (χ4v) is 1.61. The summed E-state index contributed by atoms with van der Waals surface area (Å²) >= 11 is 0. The molecule has 1 amide bonds. The van der Waals surface area contributed by atoms with Crippen LogP contribution >= 0.6 is 0 Å². The molecule has 0 aliphatic heterocycles. The number of likely N-dealkylation sites (N-methyl/N-ethyl adjacent to an activating group) is 1. The van der Waals surface area contributed by atoms with Crippen molar-refractivity contribution in [3.8, 4) is 11.8 Å². The molecule has 0 spiro atoms. The van der Waals surface area contributed by atoms with E-state index >= 15 is 0 Å². The lowest BCUT2D eigenvalue weighted by atomic mass is 10.1. The van der Waals surface area contributed by atoms with Crippen LogP contribution < -0.4 is 5.32 Å². The average Bonchev–Trinajstić information content (AvgIpc) is 2.48.